The van der Waals surface area contributed by atoms with Crippen LogP contribution < -0.4 is 5.32 Å². The largest absolute Gasteiger partial charge is 0.358 e. The third-order valence-electron chi connectivity index (χ3n) is 3.37. The second-order valence-electron chi connectivity index (χ2n) is 4.65. The maximum atomic E-state index is 12.1. The lowest BCUT2D eigenvalue weighted by atomic mass is 10.1. The van der Waals surface area contributed by atoms with E-state index in [1.807, 2.05) is 26.0 Å². The Morgan fingerprint density at radius 1 is 1.35 bits per heavy atom. The van der Waals surface area contributed by atoms with Crippen LogP contribution in [0.2, 0.25) is 0 Å². The van der Waals surface area contributed by atoms with Crippen LogP contribution in [0.5, 0.6) is 0 Å². The lowest BCUT2D eigenvalue weighted by molar-refractivity contribution is 0.0950. The number of hydrogen-bond donors (Lipinski definition) is 3. The first-order valence-corrected chi connectivity index (χ1v) is 6.24. The summed E-state index contributed by atoms with van der Waals surface area (Å²) in [6.07, 6.45) is 0. The van der Waals surface area contributed by atoms with Gasteiger partial charge < -0.3 is 10.3 Å². The van der Waals surface area contributed by atoms with E-state index < -0.39 is 0 Å². The van der Waals surface area contributed by atoms with E-state index >= 15 is 0 Å². The molecule has 7 heteroatoms. The number of nitrogens with zero attached hydrogens (tertiary/aromatic N) is 3. The Morgan fingerprint density at radius 3 is 2.95 bits per heavy atom. The number of benzene rings is 1. The molecule has 1 aromatic carbocycles. The molecule has 0 saturated heterocycles. The molecule has 0 radical (unpaired) electrons. The van der Waals surface area contributed by atoms with Gasteiger partial charge in [0, 0.05) is 22.2 Å². The molecule has 0 atom stereocenters. The molecular formula is C13H14N6O. The fraction of sp³-hybridized carbons (Fsp3) is 0.231. The third-order valence-corrected chi connectivity index (χ3v) is 3.37. The molecule has 0 saturated carbocycles. The van der Waals surface area contributed by atoms with Crippen LogP contribution >= 0.6 is 0 Å². The molecule has 0 aliphatic rings. The van der Waals surface area contributed by atoms with Crippen molar-refractivity contribution in [2.75, 3.05) is 0 Å². The molecule has 0 fully saturated rings. The fourth-order valence-electron chi connectivity index (χ4n) is 2.12. The molecule has 2 aromatic heterocycles. The van der Waals surface area contributed by atoms with Crippen LogP contribution in [0.4, 0.5) is 0 Å². The van der Waals surface area contributed by atoms with E-state index in [0.29, 0.717) is 11.4 Å². The van der Waals surface area contributed by atoms with E-state index in [9.17, 15) is 4.79 Å². The molecule has 1 amide bonds. The van der Waals surface area contributed by atoms with Gasteiger partial charge >= 0.3 is 0 Å². The third kappa shape index (κ3) is 2.13. The van der Waals surface area contributed by atoms with Crippen LogP contribution in [0.3, 0.4) is 0 Å². The Labute approximate surface area is 114 Å². The van der Waals surface area contributed by atoms with E-state index in [1.54, 1.807) is 6.07 Å². The number of aromatic nitrogens is 5. The zero-order valence-corrected chi connectivity index (χ0v) is 11.2. The summed E-state index contributed by atoms with van der Waals surface area (Å²) in [5, 5.41) is 17.2. The summed E-state index contributed by atoms with van der Waals surface area (Å²) in [5.74, 6) is 0.294. The van der Waals surface area contributed by atoms with Crippen LogP contribution in [0, 0.1) is 13.8 Å². The number of rotatable bonds is 3. The van der Waals surface area contributed by atoms with Crippen molar-refractivity contribution in [2.45, 2.75) is 20.4 Å². The maximum absolute atomic E-state index is 12.1. The van der Waals surface area contributed by atoms with Crippen LogP contribution in [-0.4, -0.2) is 31.5 Å². The minimum Gasteiger partial charge on any atom is -0.358 e. The molecule has 0 bridgehead atoms. The summed E-state index contributed by atoms with van der Waals surface area (Å²) < 4.78 is 0. The van der Waals surface area contributed by atoms with Crippen LogP contribution in [0.15, 0.2) is 18.2 Å². The first kappa shape index (κ1) is 12.3. The monoisotopic (exact) mass is 270 g/mol. The van der Waals surface area contributed by atoms with Gasteiger partial charge in [-0.15, -0.1) is 10.2 Å². The van der Waals surface area contributed by atoms with Gasteiger partial charge in [0.15, 0.2) is 5.82 Å². The fourth-order valence-corrected chi connectivity index (χ4v) is 2.12. The molecule has 3 rings (SSSR count). The van der Waals surface area contributed by atoms with E-state index in [-0.39, 0.29) is 12.5 Å². The number of aryl methyl sites for hydroxylation is 2. The van der Waals surface area contributed by atoms with Gasteiger partial charge in [0.1, 0.15) is 0 Å². The number of amides is 1. The smallest absolute Gasteiger partial charge is 0.251 e. The van der Waals surface area contributed by atoms with Crippen molar-refractivity contribution >= 4 is 16.8 Å². The maximum Gasteiger partial charge on any atom is 0.251 e. The highest BCUT2D eigenvalue weighted by atomic mass is 16.1. The summed E-state index contributed by atoms with van der Waals surface area (Å²) in [6.45, 7) is 4.30. The number of carbonyl (C=O) groups excluding carboxylic acids is 1. The first-order chi connectivity index (χ1) is 9.65. The van der Waals surface area contributed by atoms with Crippen molar-refractivity contribution in [3.05, 3.63) is 40.8 Å². The van der Waals surface area contributed by atoms with Gasteiger partial charge in [0.05, 0.1) is 6.54 Å². The van der Waals surface area contributed by atoms with Gasteiger partial charge in [-0.3, -0.25) is 4.79 Å². The minimum absolute atomic E-state index is 0.157. The molecule has 0 aliphatic heterocycles. The first-order valence-electron chi connectivity index (χ1n) is 6.24. The number of carbonyl (C=O) groups is 1. The topological polar surface area (TPSA) is 99.4 Å². The minimum atomic E-state index is -0.157. The second kappa shape index (κ2) is 4.76. The molecular weight excluding hydrogens is 256 g/mol. The highest BCUT2D eigenvalue weighted by molar-refractivity contribution is 5.98. The van der Waals surface area contributed by atoms with Crippen molar-refractivity contribution in [2.24, 2.45) is 0 Å². The van der Waals surface area contributed by atoms with Crippen molar-refractivity contribution < 1.29 is 4.79 Å². The van der Waals surface area contributed by atoms with Gasteiger partial charge in [-0.05, 0) is 37.6 Å². The van der Waals surface area contributed by atoms with Crippen LogP contribution in [0.1, 0.15) is 27.4 Å². The Bertz CT molecular complexity index is 759. The van der Waals surface area contributed by atoms with Crippen molar-refractivity contribution in [1.29, 1.82) is 0 Å². The number of nitrogens with one attached hydrogen (secondary N) is 3. The summed E-state index contributed by atoms with van der Waals surface area (Å²) >= 11 is 0. The summed E-state index contributed by atoms with van der Waals surface area (Å²) in [7, 11) is 0. The number of hydrogen-bond acceptors (Lipinski definition) is 4. The summed E-state index contributed by atoms with van der Waals surface area (Å²) in [4.78, 5) is 15.4. The molecule has 3 aromatic rings. The SMILES string of the molecule is Cc1[nH]c2ccc(C(=O)NCc3nn[nH]n3)cc2c1C. The van der Waals surface area contributed by atoms with Gasteiger partial charge in [0.2, 0.25) is 0 Å². The second-order valence-corrected chi connectivity index (χ2v) is 4.65. The number of aromatic amines is 2. The lowest BCUT2D eigenvalue weighted by Crippen LogP contribution is -2.23. The van der Waals surface area contributed by atoms with Gasteiger partial charge in [-0.1, -0.05) is 5.21 Å². The highest BCUT2D eigenvalue weighted by Crippen LogP contribution is 2.22. The average Bonchev–Trinajstić information content (AvgIpc) is 3.06. The van der Waals surface area contributed by atoms with Crippen LogP contribution in [-0.2, 0) is 6.54 Å². The number of H-pyrrole nitrogens is 2. The number of tetrazole rings is 1. The molecule has 102 valence electrons. The molecule has 2 heterocycles. The number of fused-ring (bicyclic) bond motifs is 1. The zero-order valence-electron chi connectivity index (χ0n) is 11.2. The Hall–Kier alpha value is -2.70. The van der Waals surface area contributed by atoms with Gasteiger partial charge in [-0.2, -0.15) is 5.21 Å². The average molecular weight is 270 g/mol. The molecule has 0 aliphatic carbocycles. The van der Waals surface area contributed by atoms with Crippen molar-refractivity contribution in [3.63, 3.8) is 0 Å². The molecule has 7 nitrogen and oxygen atoms in total. The van der Waals surface area contributed by atoms with Crippen molar-refractivity contribution in [1.82, 2.24) is 30.9 Å². The quantitative estimate of drug-likeness (QED) is 0.666. The summed E-state index contributed by atoms with van der Waals surface area (Å²) in [6, 6.07) is 5.60. The van der Waals surface area contributed by atoms with E-state index in [0.717, 1.165) is 22.2 Å². The van der Waals surface area contributed by atoms with Crippen molar-refractivity contribution in [3.8, 4) is 0 Å². The normalized spacial score (nSPS) is 10.9. The highest BCUT2D eigenvalue weighted by Gasteiger charge is 2.10. The Kier molecular flexibility index (Phi) is 2.94. The van der Waals surface area contributed by atoms with E-state index in [4.69, 9.17) is 0 Å². The predicted octanol–water partition coefficient (Wildman–Crippen LogP) is 1.23. The molecule has 3 N–H and O–H groups in total. The zero-order chi connectivity index (χ0) is 14.1. The van der Waals surface area contributed by atoms with E-state index in [2.05, 4.69) is 30.9 Å². The van der Waals surface area contributed by atoms with Crippen LogP contribution in [0.25, 0.3) is 10.9 Å². The van der Waals surface area contributed by atoms with Gasteiger partial charge in [-0.25, -0.2) is 0 Å². The summed E-state index contributed by atoms with van der Waals surface area (Å²) in [5.41, 5.74) is 3.93. The Morgan fingerprint density at radius 2 is 2.20 bits per heavy atom. The standard InChI is InChI=1S/C13H14N6O/c1-7-8(2)15-11-4-3-9(5-10(7)11)13(20)14-6-12-16-18-19-17-12/h3-5,15H,6H2,1-2H3,(H,14,20)(H,16,17,18,19). The molecule has 20 heavy (non-hydrogen) atoms. The molecule has 0 spiro atoms. The van der Waals surface area contributed by atoms with Gasteiger partial charge in [0.25, 0.3) is 5.91 Å². The lowest BCUT2D eigenvalue weighted by Gasteiger charge is -2.03. The van der Waals surface area contributed by atoms with E-state index in [1.165, 1.54) is 0 Å². The Balaban J connectivity index is 1.82. The molecule has 0 unspecified atom stereocenters. The predicted molar refractivity (Wildman–Crippen MR) is 73.1 cm³/mol.